The summed E-state index contributed by atoms with van der Waals surface area (Å²) >= 11 is 7.64. The molecule has 8 heteroatoms. The van der Waals surface area contributed by atoms with E-state index >= 15 is 0 Å². The Morgan fingerprint density at radius 1 is 1.03 bits per heavy atom. The van der Waals surface area contributed by atoms with Crippen molar-refractivity contribution in [2.24, 2.45) is 5.92 Å². The molecule has 0 bridgehead atoms. The van der Waals surface area contributed by atoms with Crippen molar-refractivity contribution in [2.45, 2.75) is 31.6 Å². The van der Waals surface area contributed by atoms with E-state index in [1.807, 2.05) is 30.5 Å². The Bertz CT molecular complexity index is 1090. The van der Waals surface area contributed by atoms with Crippen LogP contribution in [0, 0.1) is 5.92 Å². The smallest absolute Gasteiger partial charge is 0.323 e. The molecule has 0 saturated heterocycles. The number of ether oxygens (including phenoxy) is 1. The van der Waals surface area contributed by atoms with E-state index in [2.05, 4.69) is 15.6 Å². The molecule has 2 N–H and O–H groups in total. The molecule has 1 heterocycles. The summed E-state index contributed by atoms with van der Waals surface area (Å²) in [5.41, 5.74) is 2.38. The maximum Gasteiger partial charge on any atom is 0.323 e. The largest absolute Gasteiger partial charge is 0.469 e. The summed E-state index contributed by atoms with van der Waals surface area (Å²) in [6, 6.07) is 14.3. The number of hydrogen-bond donors (Lipinski definition) is 2. The second-order valence-electron chi connectivity index (χ2n) is 7.80. The summed E-state index contributed by atoms with van der Waals surface area (Å²) < 4.78 is 4.87. The van der Waals surface area contributed by atoms with Gasteiger partial charge in [-0.2, -0.15) is 0 Å². The van der Waals surface area contributed by atoms with Gasteiger partial charge in [0.2, 0.25) is 0 Å². The minimum Gasteiger partial charge on any atom is -0.469 e. The number of carbonyl (C=O) groups is 2. The number of aromatic nitrogens is 1. The van der Waals surface area contributed by atoms with Crippen LogP contribution in [0.2, 0.25) is 5.02 Å². The number of methoxy groups -OCH3 is 1. The van der Waals surface area contributed by atoms with E-state index in [0.717, 1.165) is 41.1 Å². The SMILES string of the molecule is COC(=O)C1CCC(c2ncc(-c3ccc(NC(=O)Nc4cccc(Cl)c4)cc3)s2)CC1. The summed E-state index contributed by atoms with van der Waals surface area (Å²) in [6.45, 7) is 0. The van der Waals surface area contributed by atoms with E-state index in [4.69, 9.17) is 16.3 Å². The first-order chi connectivity index (χ1) is 15.5. The maximum atomic E-state index is 12.2. The number of halogens is 1. The number of urea groups is 1. The van der Waals surface area contributed by atoms with E-state index in [0.29, 0.717) is 22.3 Å². The molecule has 0 spiro atoms. The first-order valence-corrected chi connectivity index (χ1v) is 11.7. The van der Waals surface area contributed by atoms with Gasteiger partial charge in [0.1, 0.15) is 0 Å². The second-order valence-corrected chi connectivity index (χ2v) is 9.30. The summed E-state index contributed by atoms with van der Waals surface area (Å²) in [5, 5.41) is 7.26. The van der Waals surface area contributed by atoms with Crippen LogP contribution in [0.1, 0.15) is 36.6 Å². The molecule has 1 fully saturated rings. The average molecular weight is 470 g/mol. The van der Waals surface area contributed by atoms with E-state index in [9.17, 15) is 9.59 Å². The van der Waals surface area contributed by atoms with Gasteiger partial charge in [0.15, 0.2) is 0 Å². The lowest BCUT2D eigenvalue weighted by molar-refractivity contribution is -0.146. The van der Waals surface area contributed by atoms with Crippen LogP contribution in [0.15, 0.2) is 54.7 Å². The number of anilines is 2. The van der Waals surface area contributed by atoms with Crippen molar-refractivity contribution in [3.8, 4) is 10.4 Å². The third-order valence-electron chi connectivity index (χ3n) is 5.64. The number of nitrogens with one attached hydrogen (secondary N) is 2. The lowest BCUT2D eigenvalue weighted by Gasteiger charge is -2.25. The van der Waals surface area contributed by atoms with Crippen molar-refractivity contribution in [3.63, 3.8) is 0 Å². The van der Waals surface area contributed by atoms with E-state index in [1.54, 1.807) is 35.6 Å². The number of hydrogen-bond acceptors (Lipinski definition) is 5. The Balaban J connectivity index is 1.34. The maximum absolute atomic E-state index is 12.2. The number of thiazole rings is 1. The van der Waals surface area contributed by atoms with Gasteiger partial charge in [-0.05, 0) is 61.6 Å². The summed E-state index contributed by atoms with van der Waals surface area (Å²) in [4.78, 5) is 29.7. The zero-order valence-corrected chi connectivity index (χ0v) is 19.2. The van der Waals surface area contributed by atoms with Crippen LogP contribution < -0.4 is 10.6 Å². The Kier molecular flexibility index (Phi) is 7.07. The highest BCUT2D eigenvalue weighted by atomic mass is 35.5. The lowest BCUT2D eigenvalue weighted by atomic mass is 9.82. The molecular weight excluding hydrogens is 446 g/mol. The summed E-state index contributed by atoms with van der Waals surface area (Å²) in [7, 11) is 1.45. The Labute approximate surface area is 196 Å². The molecule has 6 nitrogen and oxygen atoms in total. The number of esters is 1. The first kappa shape index (κ1) is 22.3. The zero-order valence-electron chi connectivity index (χ0n) is 17.6. The third-order valence-corrected chi connectivity index (χ3v) is 7.09. The minimum absolute atomic E-state index is 0.0202. The fourth-order valence-corrected chi connectivity index (χ4v) is 5.21. The van der Waals surface area contributed by atoms with Gasteiger partial charge >= 0.3 is 12.0 Å². The van der Waals surface area contributed by atoms with Crippen molar-refractivity contribution in [3.05, 3.63) is 64.8 Å². The molecule has 0 unspecified atom stereocenters. The van der Waals surface area contributed by atoms with Crippen molar-refractivity contribution >= 4 is 46.3 Å². The molecule has 4 rings (SSSR count). The molecule has 1 saturated carbocycles. The van der Waals surface area contributed by atoms with E-state index in [-0.39, 0.29) is 17.9 Å². The van der Waals surface area contributed by atoms with Crippen molar-refractivity contribution in [1.82, 2.24) is 4.98 Å². The van der Waals surface area contributed by atoms with Crippen LogP contribution in [0.4, 0.5) is 16.2 Å². The second kappa shape index (κ2) is 10.1. The molecule has 1 aromatic heterocycles. The van der Waals surface area contributed by atoms with Crippen molar-refractivity contribution in [2.75, 3.05) is 17.7 Å². The Hall–Kier alpha value is -2.90. The van der Waals surface area contributed by atoms with Crippen molar-refractivity contribution < 1.29 is 14.3 Å². The zero-order chi connectivity index (χ0) is 22.5. The van der Waals surface area contributed by atoms with Gasteiger partial charge in [-0.15, -0.1) is 11.3 Å². The van der Waals surface area contributed by atoms with Gasteiger partial charge in [0.25, 0.3) is 0 Å². The minimum atomic E-state index is -0.331. The Morgan fingerprint density at radius 3 is 2.44 bits per heavy atom. The predicted molar refractivity (Wildman–Crippen MR) is 128 cm³/mol. The van der Waals surface area contributed by atoms with Crippen LogP contribution in [-0.4, -0.2) is 24.1 Å². The number of carbonyl (C=O) groups excluding carboxylic acids is 2. The van der Waals surface area contributed by atoms with Gasteiger partial charge in [-0.1, -0.05) is 29.8 Å². The first-order valence-electron chi connectivity index (χ1n) is 10.5. The molecule has 166 valence electrons. The summed E-state index contributed by atoms with van der Waals surface area (Å²) in [6.07, 6.45) is 5.52. The van der Waals surface area contributed by atoms with Crippen LogP contribution in [0.25, 0.3) is 10.4 Å². The highest BCUT2D eigenvalue weighted by Gasteiger charge is 2.29. The van der Waals surface area contributed by atoms with Gasteiger partial charge in [0, 0.05) is 28.5 Å². The quantitative estimate of drug-likeness (QED) is 0.415. The normalized spacial score (nSPS) is 18.1. The highest BCUT2D eigenvalue weighted by molar-refractivity contribution is 7.15. The van der Waals surface area contributed by atoms with Gasteiger partial charge in [0.05, 0.1) is 22.9 Å². The summed E-state index contributed by atoms with van der Waals surface area (Å²) in [5.74, 6) is 0.316. The molecule has 1 aliphatic carbocycles. The predicted octanol–water partition coefficient (Wildman–Crippen LogP) is 6.55. The fourth-order valence-electron chi connectivity index (χ4n) is 3.93. The van der Waals surface area contributed by atoms with Crippen molar-refractivity contribution in [1.29, 1.82) is 0 Å². The molecule has 0 atom stereocenters. The lowest BCUT2D eigenvalue weighted by Crippen LogP contribution is -2.22. The molecule has 32 heavy (non-hydrogen) atoms. The van der Waals surface area contributed by atoms with Crippen LogP contribution >= 0.6 is 22.9 Å². The van der Waals surface area contributed by atoms with Crippen LogP contribution in [-0.2, 0) is 9.53 Å². The molecular formula is C24H24ClN3O3S. The van der Waals surface area contributed by atoms with E-state index < -0.39 is 0 Å². The average Bonchev–Trinajstić information content (AvgIpc) is 3.29. The van der Waals surface area contributed by atoms with Gasteiger partial charge < -0.3 is 15.4 Å². The molecule has 1 aliphatic rings. The highest BCUT2D eigenvalue weighted by Crippen LogP contribution is 2.39. The Morgan fingerprint density at radius 2 is 1.75 bits per heavy atom. The number of amides is 2. The van der Waals surface area contributed by atoms with Gasteiger partial charge in [-0.25, -0.2) is 9.78 Å². The third kappa shape index (κ3) is 5.47. The van der Waals surface area contributed by atoms with Crippen LogP contribution in [0.3, 0.4) is 0 Å². The monoisotopic (exact) mass is 469 g/mol. The van der Waals surface area contributed by atoms with E-state index in [1.165, 1.54) is 7.11 Å². The molecule has 2 amide bonds. The number of rotatable bonds is 5. The number of benzene rings is 2. The topological polar surface area (TPSA) is 80.3 Å². The molecule has 2 aromatic carbocycles. The number of nitrogens with zero attached hydrogens (tertiary/aromatic N) is 1. The molecule has 3 aromatic rings. The standard InChI is InChI=1S/C24H24ClN3O3S/c1-31-23(29)17-7-5-16(6-8-17)22-26-14-21(32-22)15-9-11-19(12-10-15)27-24(30)28-20-4-2-3-18(25)13-20/h2-4,9-14,16-17H,5-8H2,1H3,(H2,27,28,30). The van der Waals surface area contributed by atoms with Gasteiger partial charge in [-0.3, -0.25) is 4.79 Å². The molecule has 0 aliphatic heterocycles. The molecule has 0 radical (unpaired) electrons. The fraction of sp³-hybridized carbons (Fsp3) is 0.292. The van der Waals surface area contributed by atoms with Crippen LogP contribution in [0.5, 0.6) is 0 Å².